The second-order valence-electron chi connectivity index (χ2n) is 3.35. The molecule has 0 spiro atoms. The minimum Gasteiger partial charge on any atom is -0.508 e. The number of pyridine rings is 1. The number of hydrogen-bond acceptors (Lipinski definition) is 4. The van der Waals surface area contributed by atoms with E-state index in [9.17, 15) is 5.11 Å². The predicted molar refractivity (Wildman–Crippen MR) is 59.1 cm³/mol. The van der Waals surface area contributed by atoms with Crippen LogP contribution < -0.4 is 10.5 Å². The van der Waals surface area contributed by atoms with Crippen LogP contribution in [-0.2, 0) is 0 Å². The number of methoxy groups -OCH3 is 1. The summed E-state index contributed by atoms with van der Waals surface area (Å²) in [4.78, 5) is 4.22. The van der Waals surface area contributed by atoms with E-state index in [0.29, 0.717) is 17.3 Å². The van der Waals surface area contributed by atoms with Gasteiger partial charge in [0, 0.05) is 10.8 Å². The number of rotatable bonds is 1. The highest BCUT2D eigenvalue weighted by Crippen LogP contribution is 2.32. The number of hydrogen-bond donors (Lipinski definition) is 2. The minimum atomic E-state index is 0.182. The number of anilines is 1. The number of phenols is 1. The molecule has 1 aromatic carbocycles. The van der Waals surface area contributed by atoms with Gasteiger partial charge in [0.2, 0.25) is 5.88 Å². The largest absolute Gasteiger partial charge is 0.508 e. The lowest BCUT2D eigenvalue weighted by molar-refractivity contribution is 0.402. The van der Waals surface area contributed by atoms with Gasteiger partial charge in [0.05, 0.1) is 18.5 Å². The molecule has 1 aromatic heterocycles. The normalized spacial score (nSPS) is 10.5. The summed E-state index contributed by atoms with van der Waals surface area (Å²) in [5.74, 6) is 0.707. The molecule has 78 valence electrons. The van der Waals surface area contributed by atoms with Gasteiger partial charge in [0.15, 0.2) is 0 Å². The van der Waals surface area contributed by atoms with Gasteiger partial charge in [-0.2, -0.15) is 0 Å². The van der Waals surface area contributed by atoms with Crippen LogP contribution in [0.1, 0.15) is 5.69 Å². The number of nitrogen functional groups attached to an aromatic ring is 1. The number of nitrogens with zero attached hydrogens (tertiary/aromatic N) is 1. The van der Waals surface area contributed by atoms with Crippen LogP contribution in [0.15, 0.2) is 18.2 Å². The fraction of sp³-hybridized carbons (Fsp3) is 0.182. The lowest BCUT2D eigenvalue weighted by atomic mass is 10.1. The topological polar surface area (TPSA) is 68.4 Å². The molecule has 15 heavy (non-hydrogen) atoms. The fourth-order valence-electron chi connectivity index (χ4n) is 1.56. The molecule has 0 atom stereocenters. The van der Waals surface area contributed by atoms with Crippen LogP contribution in [0.3, 0.4) is 0 Å². The van der Waals surface area contributed by atoms with E-state index in [2.05, 4.69) is 4.98 Å². The van der Waals surface area contributed by atoms with E-state index in [1.165, 1.54) is 0 Å². The van der Waals surface area contributed by atoms with Crippen molar-refractivity contribution in [2.75, 3.05) is 12.8 Å². The summed E-state index contributed by atoms with van der Waals surface area (Å²) < 4.78 is 5.15. The third-order valence-electron chi connectivity index (χ3n) is 2.38. The van der Waals surface area contributed by atoms with Crippen molar-refractivity contribution in [2.24, 2.45) is 0 Å². The molecule has 2 aromatic rings. The van der Waals surface area contributed by atoms with Crippen LogP contribution in [-0.4, -0.2) is 17.2 Å². The standard InChI is InChI=1S/C11H12N2O2/c1-6-10(12)9-5-7(14)3-4-8(9)11(13-6)15-2/h3-5,14H,12H2,1-2H3. The van der Waals surface area contributed by atoms with Crippen LogP contribution in [0.5, 0.6) is 11.6 Å². The molecule has 0 fully saturated rings. The first-order valence-corrected chi connectivity index (χ1v) is 4.56. The molecule has 2 rings (SSSR count). The molecule has 0 saturated heterocycles. The molecule has 0 unspecified atom stereocenters. The second kappa shape index (κ2) is 3.31. The summed E-state index contributed by atoms with van der Waals surface area (Å²) in [6, 6.07) is 4.94. The zero-order chi connectivity index (χ0) is 11.0. The van der Waals surface area contributed by atoms with Crippen molar-refractivity contribution in [2.45, 2.75) is 6.92 Å². The van der Waals surface area contributed by atoms with Gasteiger partial charge in [-0.05, 0) is 25.1 Å². The van der Waals surface area contributed by atoms with Crippen molar-refractivity contribution in [3.63, 3.8) is 0 Å². The number of aromatic nitrogens is 1. The average Bonchev–Trinajstić information content (AvgIpc) is 2.23. The lowest BCUT2D eigenvalue weighted by Gasteiger charge is -2.09. The Kier molecular flexibility index (Phi) is 2.11. The molecule has 0 amide bonds. The fourth-order valence-corrected chi connectivity index (χ4v) is 1.56. The van der Waals surface area contributed by atoms with E-state index in [-0.39, 0.29) is 5.75 Å². The van der Waals surface area contributed by atoms with Crippen molar-refractivity contribution in [1.82, 2.24) is 4.98 Å². The summed E-state index contributed by atoms with van der Waals surface area (Å²) in [6.45, 7) is 1.81. The van der Waals surface area contributed by atoms with Crippen molar-refractivity contribution in [1.29, 1.82) is 0 Å². The van der Waals surface area contributed by atoms with E-state index in [1.807, 2.05) is 0 Å². The van der Waals surface area contributed by atoms with Gasteiger partial charge < -0.3 is 15.6 Å². The SMILES string of the molecule is COc1nc(C)c(N)c2cc(O)ccc12. The molecular weight excluding hydrogens is 192 g/mol. The van der Waals surface area contributed by atoms with Crippen molar-refractivity contribution >= 4 is 16.5 Å². The Morgan fingerprint density at radius 2 is 2.07 bits per heavy atom. The maximum atomic E-state index is 9.39. The van der Waals surface area contributed by atoms with E-state index < -0.39 is 0 Å². The van der Waals surface area contributed by atoms with Gasteiger partial charge in [0.1, 0.15) is 5.75 Å². The lowest BCUT2D eigenvalue weighted by Crippen LogP contribution is -1.98. The van der Waals surface area contributed by atoms with E-state index in [1.54, 1.807) is 32.2 Å². The minimum absolute atomic E-state index is 0.182. The Morgan fingerprint density at radius 1 is 1.33 bits per heavy atom. The van der Waals surface area contributed by atoms with Gasteiger partial charge in [-0.1, -0.05) is 0 Å². The van der Waals surface area contributed by atoms with Crippen molar-refractivity contribution < 1.29 is 9.84 Å². The van der Waals surface area contributed by atoms with Crippen LogP contribution >= 0.6 is 0 Å². The molecule has 4 nitrogen and oxygen atoms in total. The van der Waals surface area contributed by atoms with E-state index in [4.69, 9.17) is 10.5 Å². The number of phenolic OH excluding ortho intramolecular Hbond substituents is 1. The Hall–Kier alpha value is -1.97. The molecule has 0 aliphatic heterocycles. The summed E-state index contributed by atoms with van der Waals surface area (Å²) in [5, 5.41) is 11.0. The van der Waals surface area contributed by atoms with Gasteiger partial charge in [-0.3, -0.25) is 0 Å². The average molecular weight is 204 g/mol. The van der Waals surface area contributed by atoms with Crippen molar-refractivity contribution in [3.05, 3.63) is 23.9 Å². The first-order valence-electron chi connectivity index (χ1n) is 4.56. The molecule has 0 aliphatic carbocycles. The molecule has 0 aliphatic rings. The number of benzene rings is 1. The van der Waals surface area contributed by atoms with Crippen LogP contribution in [0.2, 0.25) is 0 Å². The number of aryl methyl sites for hydroxylation is 1. The Morgan fingerprint density at radius 3 is 2.73 bits per heavy atom. The van der Waals surface area contributed by atoms with Gasteiger partial charge in [-0.25, -0.2) is 4.98 Å². The zero-order valence-corrected chi connectivity index (χ0v) is 8.61. The number of fused-ring (bicyclic) bond motifs is 1. The Balaban J connectivity index is 2.90. The molecule has 0 saturated carbocycles. The third kappa shape index (κ3) is 1.44. The van der Waals surface area contributed by atoms with Gasteiger partial charge >= 0.3 is 0 Å². The maximum Gasteiger partial charge on any atom is 0.221 e. The molecule has 0 bridgehead atoms. The van der Waals surface area contributed by atoms with Crippen molar-refractivity contribution in [3.8, 4) is 11.6 Å². The van der Waals surface area contributed by atoms with E-state index >= 15 is 0 Å². The summed E-state index contributed by atoms with van der Waals surface area (Å²) in [7, 11) is 1.56. The Bertz CT molecular complexity index is 523. The number of ether oxygens (including phenoxy) is 1. The van der Waals surface area contributed by atoms with Crippen LogP contribution in [0.4, 0.5) is 5.69 Å². The monoisotopic (exact) mass is 204 g/mol. The summed E-state index contributed by atoms with van der Waals surface area (Å²) in [6.07, 6.45) is 0. The maximum absolute atomic E-state index is 9.39. The predicted octanol–water partition coefficient (Wildman–Crippen LogP) is 1.84. The highest BCUT2D eigenvalue weighted by molar-refractivity contribution is 5.97. The highest BCUT2D eigenvalue weighted by atomic mass is 16.5. The highest BCUT2D eigenvalue weighted by Gasteiger charge is 2.09. The molecule has 4 heteroatoms. The molecular formula is C11H12N2O2. The van der Waals surface area contributed by atoms with Gasteiger partial charge in [-0.15, -0.1) is 0 Å². The summed E-state index contributed by atoms with van der Waals surface area (Å²) in [5.41, 5.74) is 7.15. The second-order valence-corrected chi connectivity index (χ2v) is 3.35. The molecule has 0 radical (unpaired) electrons. The Labute approximate surface area is 87.3 Å². The number of nitrogens with two attached hydrogens (primary N) is 1. The molecule has 3 N–H and O–H groups in total. The molecule has 1 heterocycles. The number of aromatic hydroxyl groups is 1. The smallest absolute Gasteiger partial charge is 0.221 e. The van der Waals surface area contributed by atoms with Crippen LogP contribution in [0, 0.1) is 6.92 Å². The first kappa shape index (κ1) is 9.58. The van der Waals surface area contributed by atoms with Gasteiger partial charge in [0.25, 0.3) is 0 Å². The quantitative estimate of drug-likeness (QED) is 0.743. The third-order valence-corrected chi connectivity index (χ3v) is 2.38. The zero-order valence-electron chi connectivity index (χ0n) is 8.61. The van der Waals surface area contributed by atoms with Crippen LogP contribution in [0.25, 0.3) is 10.8 Å². The van der Waals surface area contributed by atoms with E-state index in [0.717, 1.165) is 10.8 Å². The summed E-state index contributed by atoms with van der Waals surface area (Å²) >= 11 is 0. The first-order chi connectivity index (χ1) is 7.13.